The van der Waals surface area contributed by atoms with Crippen molar-refractivity contribution in [2.24, 2.45) is 0 Å². The SMILES string of the molecule is SCCC1=CC=CC=CC1. The Labute approximate surface area is 67.7 Å². The van der Waals surface area contributed by atoms with E-state index >= 15 is 0 Å². The van der Waals surface area contributed by atoms with E-state index in [0.29, 0.717) is 0 Å². The van der Waals surface area contributed by atoms with Crippen LogP contribution >= 0.6 is 12.6 Å². The van der Waals surface area contributed by atoms with E-state index in [1.165, 1.54) is 5.57 Å². The third kappa shape index (κ3) is 2.44. The molecule has 0 amide bonds. The molecule has 0 heterocycles. The Kier molecular flexibility index (Phi) is 3.37. The Bertz CT molecular complexity index is 175. The average molecular weight is 152 g/mol. The molecule has 0 radical (unpaired) electrons. The number of hydrogen-bond donors (Lipinski definition) is 1. The van der Waals surface area contributed by atoms with E-state index in [2.05, 4.69) is 43.0 Å². The van der Waals surface area contributed by atoms with Crippen molar-refractivity contribution in [2.75, 3.05) is 5.75 Å². The molecule has 1 aliphatic rings. The fourth-order valence-electron chi connectivity index (χ4n) is 0.951. The molecular weight excluding hydrogens is 140 g/mol. The Morgan fingerprint density at radius 2 is 2.20 bits per heavy atom. The second-order valence-corrected chi connectivity index (χ2v) is 2.76. The summed E-state index contributed by atoms with van der Waals surface area (Å²) in [5.74, 6) is 0.952. The van der Waals surface area contributed by atoms with E-state index in [1.807, 2.05) is 0 Å². The van der Waals surface area contributed by atoms with Gasteiger partial charge >= 0.3 is 0 Å². The molecule has 0 saturated heterocycles. The lowest BCUT2D eigenvalue weighted by atomic mass is 10.1. The van der Waals surface area contributed by atoms with E-state index in [1.54, 1.807) is 0 Å². The minimum atomic E-state index is 0.952. The van der Waals surface area contributed by atoms with Crippen molar-refractivity contribution in [3.63, 3.8) is 0 Å². The van der Waals surface area contributed by atoms with Crippen molar-refractivity contribution >= 4 is 12.6 Å². The first-order valence-corrected chi connectivity index (χ1v) is 4.19. The molecule has 10 heavy (non-hydrogen) atoms. The highest BCUT2D eigenvalue weighted by Gasteiger charge is 1.92. The Morgan fingerprint density at radius 1 is 1.30 bits per heavy atom. The molecule has 1 rings (SSSR count). The zero-order chi connectivity index (χ0) is 7.23. The van der Waals surface area contributed by atoms with Gasteiger partial charge in [-0.05, 0) is 18.6 Å². The third-order valence-corrected chi connectivity index (χ3v) is 1.73. The van der Waals surface area contributed by atoms with E-state index in [0.717, 1.165) is 18.6 Å². The fraction of sp³-hybridized carbons (Fsp3) is 0.333. The van der Waals surface area contributed by atoms with Crippen LogP contribution in [0.2, 0.25) is 0 Å². The predicted octanol–water partition coefficient (Wildman–Crippen LogP) is 2.75. The third-order valence-electron chi connectivity index (χ3n) is 1.50. The van der Waals surface area contributed by atoms with Gasteiger partial charge in [-0.2, -0.15) is 12.6 Å². The van der Waals surface area contributed by atoms with Crippen LogP contribution in [0.1, 0.15) is 12.8 Å². The maximum absolute atomic E-state index is 4.18. The van der Waals surface area contributed by atoms with Gasteiger partial charge in [0.25, 0.3) is 0 Å². The average Bonchev–Trinajstić information content (AvgIpc) is 2.17. The minimum absolute atomic E-state index is 0.952. The lowest BCUT2D eigenvalue weighted by Gasteiger charge is -1.97. The second-order valence-electron chi connectivity index (χ2n) is 2.32. The number of thiol groups is 1. The van der Waals surface area contributed by atoms with Crippen LogP contribution in [-0.4, -0.2) is 5.75 Å². The molecular formula is C9H12S. The quantitative estimate of drug-likeness (QED) is 0.578. The number of hydrogen-bond acceptors (Lipinski definition) is 1. The molecule has 0 aromatic rings. The van der Waals surface area contributed by atoms with Crippen LogP contribution in [0.3, 0.4) is 0 Å². The van der Waals surface area contributed by atoms with E-state index in [9.17, 15) is 0 Å². The molecule has 0 N–H and O–H groups in total. The zero-order valence-electron chi connectivity index (χ0n) is 5.96. The van der Waals surface area contributed by atoms with Gasteiger partial charge in [0.1, 0.15) is 0 Å². The van der Waals surface area contributed by atoms with Crippen molar-refractivity contribution in [3.8, 4) is 0 Å². The lowest BCUT2D eigenvalue weighted by molar-refractivity contribution is 1.05. The van der Waals surface area contributed by atoms with Gasteiger partial charge < -0.3 is 0 Å². The molecule has 0 fully saturated rings. The Morgan fingerprint density at radius 3 is 3.00 bits per heavy atom. The predicted molar refractivity (Wildman–Crippen MR) is 49.5 cm³/mol. The monoisotopic (exact) mass is 152 g/mol. The molecule has 0 atom stereocenters. The molecule has 0 nitrogen and oxygen atoms in total. The van der Waals surface area contributed by atoms with Gasteiger partial charge in [-0.3, -0.25) is 0 Å². The zero-order valence-corrected chi connectivity index (χ0v) is 6.85. The molecule has 0 bridgehead atoms. The molecule has 0 saturated carbocycles. The van der Waals surface area contributed by atoms with E-state index < -0.39 is 0 Å². The topological polar surface area (TPSA) is 0 Å². The molecule has 0 unspecified atom stereocenters. The summed E-state index contributed by atoms with van der Waals surface area (Å²) >= 11 is 4.18. The molecule has 0 spiro atoms. The summed E-state index contributed by atoms with van der Waals surface area (Å²) in [5, 5.41) is 0. The van der Waals surface area contributed by atoms with Crippen LogP contribution in [0.15, 0.2) is 36.0 Å². The van der Waals surface area contributed by atoms with Crippen molar-refractivity contribution in [1.82, 2.24) is 0 Å². The van der Waals surface area contributed by atoms with Crippen LogP contribution in [0.4, 0.5) is 0 Å². The van der Waals surface area contributed by atoms with Gasteiger partial charge in [-0.25, -0.2) is 0 Å². The second kappa shape index (κ2) is 4.40. The Balaban J connectivity index is 2.50. The van der Waals surface area contributed by atoms with Gasteiger partial charge in [0.15, 0.2) is 0 Å². The standard InChI is InChI=1S/C9H12S/c10-8-7-9-5-3-1-2-4-6-9/h1-5,10H,6-8H2. The highest BCUT2D eigenvalue weighted by atomic mass is 32.1. The van der Waals surface area contributed by atoms with Crippen molar-refractivity contribution in [3.05, 3.63) is 36.0 Å². The molecule has 1 heteroatoms. The van der Waals surface area contributed by atoms with Crippen LogP contribution in [0.25, 0.3) is 0 Å². The molecule has 0 aromatic heterocycles. The van der Waals surface area contributed by atoms with Crippen LogP contribution in [-0.2, 0) is 0 Å². The summed E-state index contributed by atoms with van der Waals surface area (Å²) in [5.41, 5.74) is 1.47. The fourth-order valence-corrected chi connectivity index (χ4v) is 1.24. The van der Waals surface area contributed by atoms with Crippen molar-refractivity contribution in [2.45, 2.75) is 12.8 Å². The van der Waals surface area contributed by atoms with Crippen LogP contribution < -0.4 is 0 Å². The van der Waals surface area contributed by atoms with E-state index in [4.69, 9.17) is 0 Å². The summed E-state index contributed by atoms with van der Waals surface area (Å²) in [7, 11) is 0. The summed E-state index contributed by atoms with van der Waals surface area (Å²) in [6.45, 7) is 0. The maximum atomic E-state index is 4.18. The largest absolute Gasteiger partial charge is 0.179 e. The van der Waals surface area contributed by atoms with Crippen LogP contribution in [0, 0.1) is 0 Å². The van der Waals surface area contributed by atoms with E-state index in [-0.39, 0.29) is 0 Å². The minimum Gasteiger partial charge on any atom is -0.179 e. The summed E-state index contributed by atoms with van der Waals surface area (Å²) in [6, 6.07) is 0. The normalized spacial score (nSPS) is 16.7. The van der Waals surface area contributed by atoms with Gasteiger partial charge in [-0.15, -0.1) is 0 Å². The summed E-state index contributed by atoms with van der Waals surface area (Å²) < 4.78 is 0. The number of allylic oxidation sites excluding steroid dienone is 6. The van der Waals surface area contributed by atoms with Crippen LogP contribution in [0.5, 0.6) is 0 Å². The van der Waals surface area contributed by atoms with Gasteiger partial charge in [0.2, 0.25) is 0 Å². The molecule has 0 aliphatic heterocycles. The smallest absolute Gasteiger partial charge is 0.00604 e. The molecule has 54 valence electrons. The van der Waals surface area contributed by atoms with Gasteiger partial charge in [-0.1, -0.05) is 36.0 Å². The molecule has 1 aliphatic carbocycles. The molecule has 0 aromatic carbocycles. The highest BCUT2D eigenvalue weighted by Crippen LogP contribution is 2.11. The summed E-state index contributed by atoms with van der Waals surface area (Å²) in [6.07, 6.45) is 12.8. The first-order chi connectivity index (χ1) is 4.93. The summed E-state index contributed by atoms with van der Waals surface area (Å²) in [4.78, 5) is 0. The lowest BCUT2D eigenvalue weighted by Crippen LogP contribution is -1.81. The van der Waals surface area contributed by atoms with Gasteiger partial charge in [0.05, 0.1) is 0 Å². The Hall–Kier alpha value is -0.430. The highest BCUT2D eigenvalue weighted by molar-refractivity contribution is 7.80. The first kappa shape index (κ1) is 7.67. The maximum Gasteiger partial charge on any atom is -0.00604 e. The first-order valence-electron chi connectivity index (χ1n) is 3.55. The van der Waals surface area contributed by atoms with Gasteiger partial charge in [0, 0.05) is 0 Å². The van der Waals surface area contributed by atoms with Crippen molar-refractivity contribution < 1.29 is 0 Å². The number of rotatable bonds is 2. The van der Waals surface area contributed by atoms with Crippen molar-refractivity contribution in [1.29, 1.82) is 0 Å².